The summed E-state index contributed by atoms with van der Waals surface area (Å²) in [6, 6.07) is -1.11. The van der Waals surface area contributed by atoms with Crippen molar-refractivity contribution in [2.75, 3.05) is 6.54 Å². The second-order valence-electron chi connectivity index (χ2n) is 5.68. The van der Waals surface area contributed by atoms with Crippen LogP contribution >= 0.6 is 0 Å². The molecule has 1 aliphatic carbocycles. The van der Waals surface area contributed by atoms with Gasteiger partial charge >= 0.3 is 0 Å². The quantitative estimate of drug-likeness (QED) is 0.874. The van der Waals surface area contributed by atoms with E-state index >= 15 is 0 Å². The van der Waals surface area contributed by atoms with E-state index in [-0.39, 0.29) is 31.2 Å². The first kappa shape index (κ1) is 14.0. The van der Waals surface area contributed by atoms with Gasteiger partial charge in [0, 0.05) is 32.0 Å². The lowest BCUT2D eigenvalue weighted by molar-refractivity contribution is -0.136. The van der Waals surface area contributed by atoms with Crippen LogP contribution in [-0.2, 0) is 16.1 Å². The highest BCUT2D eigenvalue weighted by Gasteiger charge is 2.46. The Labute approximate surface area is 120 Å². The maximum absolute atomic E-state index is 12.8. The second kappa shape index (κ2) is 4.78. The molecule has 1 atom stereocenters. The van der Waals surface area contributed by atoms with Crippen molar-refractivity contribution in [3.63, 3.8) is 0 Å². The molecule has 2 heterocycles. The monoisotopic (exact) mass is 298 g/mol. The van der Waals surface area contributed by atoms with Gasteiger partial charge in [-0.1, -0.05) is 0 Å². The van der Waals surface area contributed by atoms with Gasteiger partial charge < -0.3 is 14.8 Å². The molecule has 0 unspecified atom stereocenters. The molecule has 0 saturated heterocycles. The third-order valence-electron chi connectivity index (χ3n) is 4.01. The minimum atomic E-state index is -2.67. The van der Waals surface area contributed by atoms with Crippen LogP contribution in [0.5, 0.6) is 0 Å². The molecule has 3 rings (SSSR count). The molecule has 8 heteroatoms. The van der Waals surface area contributed by atoms with Gasteiger partial charge in [-0.25, -0.2) is 13.8 Å². The zero-order valence-electron chi connectivity index (χ0n) is 11.6. The van der Waals surface area contributed by atoms with Crippen molar-refractivity contribution in [1.82, 2.24) is 19.8 Å². The summed E-state index contributed by atoms with van der Waals surface area (Å²) in [4.78, 5) is 29.4. The average Bonchev–Trinajstić information content (AvgIpc) is 2.82. The number of rotatable bonds is 2. The normalized spacial score (nSPS) is 24.1. The molecular weight excluding hydrogens is 282 g/mol. The number of carbonyl (C=O) groups excluding carboxylic acids is 2. The van der Waals surface area contributed by atoms with Crippen molar-refractivity contribution in [3.05, 3.63) is 18.2 Å². The highest BCUT2D eigenvalue weighted by molar-refractivity contribution is 5.82. The molecule has 1 aromatic heterocycles. The van der Waals surface area contributed by atoms with Gasteiger partial charge in [-0.05, 0) is 0 Å². The van der Waals surface area contributed by atoms with Crippen LogP contribution in [0.1, 0.15) is 31.5 Å². The molecule has 0 spiro atoms. The van der Waals surface area contributed by atoms with Crippen molar-refractivity contribution < 1.29 is 18.4 Å². The van der Waals surface area contributed by atoms with Crippen LogP contribution in [0.4, 0.5) is 8.78 Å². The van der Waals surface area contributed by atoms with E-state index in [1.165, 1.54) is 13.3 Å². The Bertz CT molecular complexity index is 578. The predicted octanol–water partition coefficient (Wildman–Crippen LogP) is 0.700. The van der Waals surface area contributed by atoms with Gasteiger partial charge in [-0.15, -0.1) is 0 Å². The largest absolute Gasteiger partial charge is 0.351 e. The lowest BCUT2D eigenvalue weighted by Gasteiger charge is -2.38. The summed E-state index contributed by atoms with van der Waals surface area (Å²) >= 11 is 0. The first-order chi connectivity index (χ1) is 9.85. The fourth-order valence-electron chi connectivity index (χ4n) is 2.80. The lowest BCUT2D eigenvalue weighted by atomic mass is 9.88. The number of aromatic nitrogens is 2. The van der Waals surface area contributed by atoms with E-state index in [1.54, 1.807) is 15.7 Å². The number of nitrogens with one attached hydrogen (secondary N) is 1. The van der Waals surface area contributed by atoms with Gasteiger partial charge in [0.2, 0.25) is 11.8 Å². The van der Waals surface area contributed by atoms with Gasteiger partial charge in [0.25, 0.3) is 5.92 Å². The molecule has 2 aliphatic rings. The predicted molar refractivity (Wildman–Crippen MR) is 68.5 cm³/mol. The molecule has 0 aromatic carbocycles. The van der Waals surface area contributed by atoms with Gasteiger partial charge in [-0.3, -0.25) is 9.59 Å². The second-order valence-corrected chi connectivity index (χ2v) is 5.68. The minimum Gasteiger partial charge on any atom is -0.351 e. The Kier molecular flexibility index (Phi) is 3.18. The Balaban J connectivity index is 1.72. The number of imidazole rings is 1. The Hall–Kier alpha value is -1.99. The van der Waals surface area contributed by atoms with Crippen LogP contribution in [0, 0.1) is 0 Å². The number of fused-ring (bicyclic) bond motifs is 1. The smallest absolute Gasteiger partial charge is 0.252 e. The standard InChI is InChI=1S/C13H16F2N4O2/c1-8(20)18-5-10-4-16-7-19(10)11(6-18)12(21)17-9-2-13(14,15)3-9/h4,7,9,11H,2-3,5-6H2,1H3,(H,17,21)/t11-/m0/s1. The third kappa shape index (κ3) is 2.62. The van der Waals surface area contributed by atoms with Gasteiger partial charge in [0.1, 0.15) is 6.04 Å². The van der Waals surface area contributed by atoms with Crippen molar-refractivity contribution in [2.45, 2.75) is 44.3 Å². The Morgan fingerprint density at radius 2 is 2.14 bits per heavy atom. The number of alkyl halides is 2. The number of hydrogen-bond acceptors (Lipinski definition) is 3. The molecule has 21 heavy (non-hydrogen) atoms. The molecule has 1 N–H and O–H groups in total. The summed E-state index contributed by atoms with van der Waals surface area (Å²) in [5.41, 5.74) is 0.760. The summed E-state index contributed by atoms with van der Waals surface area (Å²) in [6.45, 7) is 2.07. The molecule has 0 bridgehead atoms. The molecule has 1 saturated carbocycles. The van der Waals surface area contributed by atoms with Gasteiger partial charge in [0.05, 0.1) is 25.1 Å². The highest BCUT2D eigenvalue weighted by atomic mass is 19.3. The molecule has 0 radical (unpaired) electrons. The number of amides is 2. The summed E-state index contributed by atoms with van der Waals surface area (Å²) < 4.78 is 27.3. The van der Waals surface area contributed by atoms with Crippen LogP contribution in [-0.4, -0.2) is 44.8 Å². The van der Waals surface area contributed by atoms with Crippen molar-refractivity contribution >= 4 is 11.8 Å². The van der Waals surface area contributed by atoms with E-state index in [2.05, 4.69) is 10.3 Å². The van der Waals surface area contributed by atoms with Crippen molar-refractivity contribution in [1.29, 1.82) is 0 Å². The fraction of sp³-hybridized carbons (Fsp3) is 0.615. The topological polar surface area (TPSA) is 67.2 Å². The van der Waals surface area contributed by atoms with Crippen molar-refractivity contribution in [3.8, 4) is 0 Å². The summed E-state index contributed by atoms with van der Waals surface area (Å²) in [5.74, 6) is -3.15. The van der Waals surface area contributed by atoms with Gasteiger partial charge in [-0.2, -0.15) is 0 Å². The van der Waals surface area contributed by atoms with E-state index in [1.807, 2.05) is 0 Å². The molecule has 6 nitrogen and oxygen atoms in total. The third-order valence-corrected chi connectivity index (χ3v) is 4.01. The number of carbonyl (C=O) groups is 2. The maximum atomic E-state index is 12.8. The molecule has 1 fully saturated rings. The Morgan fingerprint density at radius 1 is 1.43 bits per heavy atom. The molecule has 1 aliphatic heterocycles. The number of hydrogen-bond donors (Lipinski definition) is 1. The van der Waals surface area contributed by atoms with E-state index < -0.39 is 18.0 Å². The van der Waals surface area contributed by atoms with Gasteiger partial charge in [0.15, 0.2) is 0 Å². The van der Waals surface area contributed by atoms with Crippen LogP contribution in [0.15, 0.2) is 12.5 Å². The molecule has 1 aromatic rings. The minimum absolute atomic E-state index is 0.129. The molecular formula is C13H16F2N4O2. The van der Waals surface area contributed by atoms with Crippen LogP contribution in [0.2, 0.25) is 0 Å². The fourth-order valence-corrected chi connectivity index (χ4v) is 2.80. The van der Waals surface area contributed by atoms with E-state index in [0.717, 1.165) is 5.69 Å². The summed E-state index contributed by atoms with van der Waals surface area (Å²) in [6.07, 6.45) is 2.50. The van der Waals surface area contributed by atoms with Crippen LogP contribution in [0.3, 0.4) is 0 Å². The average molecular weight is 298 g/mol. The molecule has 2 amide bonds. The van der Waals surface area contributed by atoms with E-state index in [4.69, 9.17) is 0 Å². The zero-order valence-corrected chi connectivity index (χ0v) is 11.6. The number of nitrogens with zero attached hydrogens (tertiary/aromatic N) is 3. The Morgan fingerprint density at radius 3 is 2.76 bits per heavy atom. The lowest BCUT2D eigenvalue weighted by Crippen LogP contribution is -2.54. The number of halogens is 2. The van der Waals surface area contributed by atoms with E-state index in [0.29, 0.717) is 6.54 Å². The first-order valence-corrected chi connectivity index (χ1v) is 6.80. The maximum Gasteiger partial charge on any atom is 0.252 e. The zero-order chi connectivity index (χ0) is 15.2. The summed E-state index contributed by atoms with van der Waals surface area (Å²) in [5, 5.41) is 2.63. The van der Waals surface area contributed by atoms with Crippen molar-refractivity contribution in [2.24, 2.45) is 0 Å². The highest BCUT2D eigenvalue weighted by Crippen LogP contribution is 2.37. The first-order valence-electron chi connectivity index (χ1n) is 6.80. The van der Waals surface area contributed by atoms with Crippen LogP contribution < -0.4 is 5.32 Å². The molecule has 114 valence electrons. The van der Waals surface area contributed by atoms with E-state index in [9.17, 15) is 18.4 Å². The SMILES string of the molecule is CC(=O)N1Cc2cncn2[C@H](C(=O)NC2CC(F)(F)C2)C1. The van der Waals surface area contributed by atoms with Crippen LogP contribution in [0.25, 0.3) is 0 Å². The summed E-state index contributed by atoms with van der Waals surface area (Å²) in [7, 11) is 0.